The van der Waals surface area contributed by atoms with E-state index in [4.69, 9.17) is 0 Å². The molecule has 0 N–H and O–H groups in total. The molecule has 3 aromatic rings. The number of benzene rings is 2. The van der Waals surface area contributed by atoms with Crippen LogP contribution in [0.2, 0.25) is 0 Å². The molecule has 1 aromatic heterocycles. The Bertz CT molecular complexity index is 1010. The van der Waals surface area contributed by atoms with Gasteiger partial charge in [0, 0.05) is 31.9 Å². The van der Waals surface area contributed by atoms with Gasteiger partial charge in [0.25, 0.3) is 0 Å². The predicted molar refractivity (Wildman–Crippen MR) is 121 cm³/mol. The fourth-order valence-electron chi connectivity index (χ4n) is 4.48. The first-order valence-electron chi connectivity index (χ1n) is 11.0. The standard InChI is InChI=1S/C24H31FN6/c1-17(2)23(24-26-27-28-31(24)16-20-7-9-21(25)10-8-20)30-13-11-29(12-14-30)22-15-18(3)5-6-19(22)4/h5-10,15,17,23H,11-14,16H2,1-4H3. The van der Waals surface area contributed by atoms with E-state index in [1.807, 2.05) is 4.68 Å². The maximum Gasteiger partial charge on any atom is 0.169 e. The van der Waals surface area contributed by atoms with Crippen molar-refractivity contribution >= 4 is 5.69 Å². The minimum atomic E-state index is -0.234. The summed E-state index contributed by atoms with van der Waals surface area (Å²) >= 11 is 0. The van der Waals surface area contributed by atoms with Gasteiger partial charge in [0.05, 0.1) is 12.6 Å². The smallest absolute Gasteiger partial charge is 0.169 e. The quantitative estimate of drug-likeness (QED) is 0.601. The number of halogens is 1. The molecular weight excluding hydrogens is 391 g/mol. The summed E-state index contributed by atoms with van der Waals surface area (Å²) in [7, 11) is 0. The molecule has 1 unspecified atom stereocenters. The normalized spacial score (nSPS) is 16.1. The molecule has 1 atom stereocenters. The van der Waals surface area contributed by atoms with Gasteiger partial charge in [-0.25, -0.2) is 9.07 Å². The third kappa shape index (κ3) is 4.77. The maximum absolute atomic E-state index is 13.3. The topological polar surface area (TPSA) is 50.1 Å². The second-order valence-corrected chi connectivity index (χ2v) is 8.82. The Morgan fingerprint density at radius 1 is 0.968 bits per heavy atom. The van der Waals surface area contributed by atoms with Crippen LogP contribution in [-0.2, 0) is 6.54 Å². The molecule has 1 aliphatic rings. The molecule has 31 heavy (non-hydrogen) atoms. The summed E-state index contributed by atoms with van der Waals surface area (Å²) in [6.07, 6.45) is 0. The first kappa shape index (κ1) is 21.4. The number of rotatable bonds is 6. The van der Waals surface area contributed by atoms with Crippen LogP contribution in [0.1, 0.15) is 42.4 Å². The first-order valence-corrected chi connectivity index (χ1v) is 11.0. The number of tetrazole rings is 1. The fourth-order valence-corrected chi connectivity index (χ4v) is 4.48. The molecule has 0 radical (unpaired) electrons. The second-order valence-electron chi connectivity index (χ2n) is 8.82. The van der Waals surface area contributed by atoms with Crippen LogP contribution in [0, 0.1) is 25.6 Å². The highest BCUT2D eigenvalue weighted by atomic mass is 19.1. The van der Waals surface area contributed by atoms with Crippen molar-refractivity contribution in [3.8, 4) is 0 Å². The second kappa shape index (κ2) is 9.14. The van der Waals surface area contributed by atoms with Gasteiger partial charge in [0.1, 0.15) is 5.82 Å². The van der Waals surface area contributed by atoms with E-state index in [-0.39, 0.29) is 11.9 Å². The number of aryl methyl sites for hydroxylation is 2. The molecule has 0 aliphatic carbocycles. The lowest BCUT2D eigenvalue weighted by Crippen LogP contribution is -2.49. The van der Waals surface area contributed by atoms with E-state index in [1.54, 1.807) is 12.1 Å². The van der Waals surface area contributed by atoms with Gasteiger partial charge in [0.2, 0.25) is 0 Å². The lowest BCUT2D eigenvalue weighted by Gasteiger charge is -2.41. The number of hydrogen-bond acceptors (Lipinski definition) is 5. The molecule has 6 nitrogen and oxygen atoms in total. The van der Waals surface area contributed by atoms with E-state index in [2.05, 4.69) is 71.2 Å². The van der Waals surface area contributed by atoms with Crippen LogP contribution >= 0.6 is 0 Å². The molecule has 164 valence electrons. The third-order valence-corrected chi connectivity index (χ3v) is 6.11. The zero-order chi connectivity index (χ0) is 22.0. The van der Waals surface area contributed by atoms with Crippen molar-refractivity contribution in [2.45, 2.75) is 40.3 Å². The van der Waals surface area contributed by atoms with Crippen LogP contribution in [0.3, 0.4) is 0 Å². The monoisotopic (exact) mass is 422 g/mol. The number of hydrogen-bond donors (Lipinski definition) is 0. The Balaban J connectivity index is 1.50. The molecule has 0 bridgehead atoms. The summed E-state index contributed by atoms with van der Waals surface area (Å²) in [5.41, 5.74) is 4.94. The summed E-state index contributed by atoms with van der Waals surface area (Å²) < 4.78 is 15.1. The number of piperazine rings is 1. The Labute approximate surface area is 183 Å². The lowest BCUT2D eigenvalue weighted by molar-refractivity contribution is 0.135. The zero-order valence-electron chi connectivity index (χ0n) is 18.8. The molecule has 1 saturated heterocycles. The Morgan fingerprint density at radius 3 is 2.35 bits per heavy atom. The fraction of sp³-hybridized carbons (Fsp3) is 0.458. The van der Waals surface area contributed by atoms with Crippen molar-refractivity contribution in [3.05, 3.63) is 70.8 Å². The van der Waals surface area contributed by atoms with Crippen molar-refractivity contribution in [3.63, 3.8) is 0 Å². The molecule has 1 fully saturated rings. The van der Waals surface area contributed by atoms with Gasteiger partial charge in [-0.2, -0.15) is 0 Å². The van der Waals surface area contributed by atoms with Gasteiger partial charge in [0.15, 0.2) is 5.82 Å². The summed E-state index contributed by atoms with van der Waals surface area (Å²) in [6.45, 7) is 13.2. The minimum absolute atomic E-state index is 0.135. The van der Waals surface area contributed by atoms with E-state index in [0.29, 0.717) is 12.5 Å². The highest BCUT2D eigenvalue weighted by Gasteiger charge is 2.31. The highest BCUT2D eigenvalue weighted by molar-refractivity contribution is 5.55. The molecule has 2 aromatic carbocycles. The molecule has 2 heterocycles. The van der Waals surface area contributed by atoms with E-state index < -0.39 is 0 Å². The van der Waals surface area contributed by atoms with Crippen LogP contribution in [0.15, 0.2) is 42.5 Å². The van der Waals surface area contributed by atoms with Crippen LogP contribution < -0.4 is 4.90 Å². The zero-order valence-corrected chi connectivity index (χ0v) is 18.8. The SMILES string of the molecule is Cc1ccc(C)c(N2CCN(C(c3nnnn3Cc3ccc(F)cc3)C(C)C)CC2)c1. The third-order valence-electron chi connectivity index (χ3n) is 6.11. The molecule has 7 heteroatoms. The number of nitrogens with zero attached hydrogens (tertiary/aromatic N) is 6. The van der Waals surface area contributed by atoms with Crippen molar-refractivity contribution in [1.82, 2.24) is 25.1 Å². The van der Waals surface area contributed by atoms with Gasteiger partial charge in [-0.15, -0.1) is 5.10 Å². The Kier molecular flexibility index (Phi) is 6.32. The minimum Gasteiger partial charge on any atom is -0.369 e. The lowest BCUT2D eigenvalue weighted by atomic mass is 10.00. The molecule has 1 aliphatic heterocycles. The summed E-state index contributed by atoms with van der Waals surface area (Å²) in [5, 5.41) is 12.6. The van der Waals surface area contributed by atoms with Gasteiger partial charge in [-0.1, -0.05) is 38.1 Å². The van der Waals surface area contributed by atoms with Gasteiger partial charge in [-0.05, 0) is 65.1 Å². The van der Waals surface area contributed by atoms with E-state index >= 15 is 0 Å². The summed E-state index contributed by atoms with van der Waals surface area (Å²) in [4.78, 5) is 4.98. The van der Waals surface area contributed by atoms with E-state index in [0.717, 1.165) is 37.6 Å². The first-order chi connectivity index (χ1) is 14.9. The van der Waals surface area contributed by atoms with Crippen molar-refractivity contribution < 1.29 is 4.39 Å². The molecular formula is C24H31FN6. The average molecular weight is 423 g/mol. The van der Waals surface area contributed by atoms with Gasteiger partial charge < -0.3 is 4.90 Å². The molecule has 0 saturated carbocycles. The van der Waals surface area contributed by atoms with Crippen molar-refractivity contribution in [2.75, 3.05) is 31.1 Å². The van der Waals surface area contributed by atoms with Gasteiger partial charge >= 0.3 is 0 Å². The average Bonchev–Trinajstić information content (AvgIpc) is 3.19. The van der Waals surface area contributed by atoms with E-state index in [1.165, 1.54) is 28.9 Å². The molecule has 4 rings (SSSR count). The maximum atomic E-state index is 13.3. The van der Waals surface area contributed by atoms with Crippen molar-refractivity contribution in [2.24, 2.45) is 5.92 Å². The predicted octanol–water partition coefficient (Wildman–Crippen LogP) is 4.00. The Morgan fingerprint density at radius 2 is 1.68 bits per heavy atom. The van der Waals surface area contributed by atoms with Crippen LogP contribution in [-0.4, -0.2) is 51.3 Å². The molecule has 0 amide bonds. The van der Waals surface area contributed by atoms with Gasteiger partial charge in [-0.3, -0.25) is 4.90 Å². The largest absolute Gasteiger partial charge is 0.369 e. The summed E-state index contributed by atoms with van der Waals surface area (Å²) in [5.74, 6) is 1.01. The Hall–Kier alpha value is -2.80. The van der Waals surface area contributed by atoms with Crippen LogP contribution in [0.4, 0.5) is 10.1 Å². The molecule has 0 spiro atoms. The highest BCUT2D eigenvalue weighted by Crippen LogP contribution is 2.30. The number of anilines is 1. The van der Waals surface area contributed by atoms with Crippen LogP contribution in [0.5, 0.6) is 0 Å². The summed E-state index contributed by atoms with van der Waals surface area (Å²) in [6, 6.07) is 13.3. The van der Waals surface area contributed by atoms with E-state index in [9.17, 15) is 4.39 Å². The van der Waals surface area contributed by atoms with Crippen molar-refractivity contribution in [1.29, 1.82) is 0 Å². The number of aromatic nitrogens is 4. The van der Waals surface area contributed by atoms with Crippen LogP contribution in [0.25, 0.3) is 0 Å².